The Balaban J connectivity index is 1.68. The Hall–Kier alpha value is -3.33. The molecule has 1 aromatic heterocycles. The van der Waals surface area contributed by atoms with Crippen LogP contribution in [0.3, 0.4) is 0 Å². The molecule has 4 aromatic rings. The zero-order valence-corrected chi connectivity index (χ0v) is 14.9. The van der Waals surface area contributed by atoms with Gasteiger partial charge in [-0.3, -0.25) is 4.79 Å². The Labute approximate surface area is 158 Å². The fourth-order valence-electron chi connectivity index (χ4n) is 4.19. The lowest BCUT2D eigenvalue weighted by Crippen LogP contribution is -2.40. The highest BCUT2D eigenvalue weighted by atomic mass is 16.2. The normalized spacial score (nSPS) is 16.3. The summed E-state index contributed by atoms with van der Waals surface area (Å²) in [5, 5.41) is 1.17. The lowest BCUT2D eigenvalue weighted by molar-refractivity contribution is 0.0695. The van der Waals surface area contributed by atoms with E-state index in [1.807, 2.05) is 41.3 Å². The van der Waals surface area contributed by atoms with Crippen molar-refractivity contribution in [2.24, 2.45) is 0 Å². The van der Waals surface area contributed by atoms with Gasteiger partial charge >= 0.3 is 0 Å². The fourth-order valence-corrected chi connectivity index (χ4v) is 4.19. The molecule has 0 radical (unpaired) electrons. The SMILES string of the molecule is O=C(c1ccccc1)N1CCc2ccccc2C1c1c[nH]c2ccccc12. The van der Waals surface area contributed by atoms with Crippen molar-refractivity contribution in [2.75, 3.05) is 6.54 Å². The summed E-state index contributed by atoms with van der Waals surface area (Å²) in [7, 11) is 0. The number of hydrogen-bond donors (Lipinski definition) is 1. The lowest BCUT2D eigenvalue weighted by atomic mass is 9.87. The highest BCUT2D eigenvalue weighted by molar-refractivity contribution is 5.95. The number of rotatable bonds is 2. The summed E-state index contributed by atoms with van der Waals surface area (Å²) in [6.45, 7) is 0.717. The number of amides is 1. The van der Waals surface area contributed by atoms with Gasteiger partial charge in [0.05, 0.1) is 6.04 Å². The molecule has 1 aliphatic rings. The van der Waals surface area contributed by atoms with Crippen LogP contribution in [-0.4, -0.2) is 22.3 Å². The molecular formula is C24H20N2O. The van der Waals surface area contributed by atoms with Gasteiger partial charge in [-0.25, -0.2) is 0 Å². The van der Waals surface area contributed by atoms with Gasteiger partial charge < -0.3 is 9.88 Å². The zero-order valence-electron chi connectivity index (χ0n) is 14.9. The quantitative estimate of drug-likeness (QED) is 0.544. The Bertz CT molecular complexity index is 1110. The van der Waals surface area contributed by atoms with Gasteiger partial charge in [-0.15, -0.1) is 0 Å². The molecule has 1 aliphatic heterocycles. The number of aromatic amines is 1. The second-order valence-electron chi connectivity index (χ2n) is 7.01. The molecule has 0 fully saturated rings. The van der Waals surface area contributed by atoms with E-state index in [0.29, 0.717) is 0 Å². The maximum Gasteiger partial charge on any atom is 0.254 e. The minimum absolute atomic E-state index is 0.0837. The van der Waals surface area contributed by atoms with Crippen molar-refractivity contribution in [1.82, 2.24) is 9.88 Å². The first kappa shape index (κ1) is 15.9. The highest BCUT2D eigenvalue weighted by Crippen LogP contribution is 2.39. The summed E-state index contributed by atoms with van der Waals surface area (Å²) in [5.41, 5.74) is 5.54. The second-order valence-corrected chi connectivity index (χ2v) is 7.01. The molecule has 1 amide bonds. The van der Waals surface area contributed by atoms with Crippen LogP contribution in [0.25, 0.3) is 10.9 Å². The molecular weight excluding hydrogens is 332 g/mol. The first-order valence-electron chi connectivity index (χ1n) is 9.33. The number of fused-ring (bicyclic) bond motifs is 2. The summed E-state index contributed by atoms with van der Waals surface area (Å²) >= 11 is 0. The first-order chi connectivity index (χ1) is 13.3. The summed E-state index contributed by atoms with van der Waals surface area (Å²) in [6, 6.07) is 26.3. The predicted molar refractivity (Wildman–Crippen MR) is 108 cm³/mol. The number of nitrogens with one attached hydrogen (secondary N) is 1. The maximum absolute atomic E-state index is 13.4. The summed E-state index contributed by atoms with van der Waals surface area (Å²) in [5.74, 6) is 0.0837. The number of nitrogens with zero attached hydrogens (tertiary/aromatic N) is 1. The van der Waals surface area contributed by atoms with Crippen molar-refractivity contribution >= 4 is 16.8 Å². The third kappa shape index (κ3) is 2.63. The molecule has 132 valence electrons. The van der Waals surface area contributed by atoms with Crippen LogP contribution in [0, 0.1) is 0 Å². The molecule has 0 spiro atoms. The maximum atomic E-state index is 13.4. The average Bonchev–Trinajstić information content (AvgIpc) is 3.17. The average molecular weight is 352 g/mol. The molecule has 1 atom stereocenters. The van der Waals surface area contributed by atoms with Crippen molar-refractivity contribution in [2.45, 2.75) is 12.5 Å². The minimum Gasteiger partial charge on any atom is -0.361 e. The number of para-hydroxylation sites is 1. The number of hydrogen-bond acceptors (Lipinski definition) is 1. The van der Waals surface area contributed by atoms with Crippen LogP contribution < -0.4 is 0 Å². The van der Waals surface area contributed by atoms with Crippen LogP contribution in [0.2, 0.25) is 0 Å². The van der Waals surface area contributed by atoms with Gasteiger partial charge in [-0.2, -0.15) is 0 Å². The highest BCUT2D eigenvalue weighted by Gasteiger charge is 2.33. The van der Waals surface area contributed by atoms with Gasteiger partial charge in [0.2, 0.25) is 0 Å². The van der Waals surface area contributed by atoms with Crippen molar-refractivity contribution in [3.8, 4) is 0 Å². The molecule has 5 rings (SSSR count). The van der Waals surface area contributed by atoms with Crippen LogP contribution in [0.4, 0.5) is 0 Å². The topological polar surface area (TPSA) is 36.1 Å². The molecule has 3 heteroatoms. The first-order valence-corrected chi connectivity index (χ1v) is 9.33. The monoisotopic (exact) mass is 352 g/mol. The van der Waals surface area contributed by atoms with Crippen molar-refractivity contribution in [1.29, 1.82) is 0 Å². The standard InChI is InChI=1S/C24H20N2O/c27-24(18-9-2-1-3-10-18)26-15-14-17-8-4-5-11-19(17)23(26)21-16-25-22-13-7-6-12-20(21)22/h1-13,16,23,25H,14-15H2. The van der Waals surface area contributed by atoms with E-state index in [2.05, 4.69) is 53.6 Å². The fraction of sp³-hybridized carbons (Fsp3) is 0.125. The van der Waals surface area contributed by atoms with Crippen LogP contribution in [0.15, 0.2) is 85.1 Å². The molecule has 27 heavy (non-hydrogen) atoms. The number of carbonyl (C=O) groups is 1. The van der Waals surface area contributed by atoms with Crippen molar-refractivity contribution in [3.05, 3.63) is 107 Å². The Kier molecular flexibility index (Phi) is 3.79. The number of carbonyl (C=O) groups excluding carboxylic acids is 1. The summed E-state index contributed by atoms with van der Waals surface area (Å²) in [6.07, 6.45) is 2.94. The molecule has 1 N–H and O–H groups in total. The van der Waals surface area contributed by atoms with Crippen LogP contribution in [0.1, 0.15) is 33.1 Å². The third-order valence-corrected chi connectivity index (χ3v) is 5.48. The van der Waals surface area contributed by atoms with Crippen molar-refractivity contribution in [3.63, 3.8) is 0 Å². The van der Waals surface area contributed by atoms with Gasteiger partial charge in [0, 0.05) is 34.8 Å². The van der Waals surface area contributed by atoms with Crippen molar-refractivity contribution < 1.29 is 4.79 Å². The van der Waals surface area contributed by atoms with Gasteiger partial charge in [-0.05, 0) is 35.7 Å². The van der Waals surface area contributed by atoms with Crippen LogP contribution >= 0.6 is 0 Å². The lowest BCUT2D eigenvalue weighted by Gasteiger charge is -2.37. The van der Waals surface area contributed by atoms with Crippen LogP contribution in [-0.2, 0) is 6.42 Å². The second kappa shape index (κ2) is 6.44. The molecule has 0 aliphatic carbocycles. The van der Waals surface area contributed by atoms with E-state index in [0.717, 1.165) is 29.6 Å². The summed E-state index contributed by atoms with van der Waals surface area (Å²) < 4.78 is 0. The van der Waals surface area contributed by atoms with Crippen LogP contribution in [0.5, 0.6) is 0 Å². The van der Waals surface area contributed by atoms with E-state index in [-0.39, 0.29) is 11.9 Å². The van der Waals surface area contributed by atoms with Gasteiger partial charge in [0.1, 0.15) is 0 Å². The zero-order chi connectivity index (χ0) is 18.2. The van der Waals surface area contributed by atoms with E-state index in [1.165, 1.54) is 16.5 Å². The number of H-pyrrole nitrogens is 1. The molecule has 0 saturated heterocycles. The number of benzene rings is 3. The van der Waals surface area contributed by atoms with E-state index < -0.39 is 0 Å². The van der Waals surface area contributed by atoms with E-state index >= 15 is 0 Å². The van der Waals surface area contributed by atoms with Gasteiger partial charge in [0.15, 0.2) is 0 Å². The van der Waals surface area contributed by atoms with E-state index in [1.54, 1.807) is 0 Å². The molecule has 0 saturated carbocycles. The molecule has 3 nitrogen and oxygen atoms in total. The Morgan fingerprint density at radius 2 is 1.59 bits per heavy atom. The largest absolute Gasteiger partial charge is 0.361 e. The molecule has 0 bridgehead atoms. The Morgan fingerprint density at radius 3 is 2.48 bits per heavy atom. The molecule has 2 heterocycles. The number of aromatic nitrogens is 1. The van der Waals surface area contributed by atoms with E-state index in [4.69, 9.17) is 0 Å². The molecule has 3 aromatic carbocycles. The Morgan fingerprint density at radius 1 is 0.852 bits per heavy atom. The predicted octanol–water partition coefficient (Wildman–Crippen LogP) is 4.96. The third-order valence-electron chi connectivity index (χ3n) is 5.48. The van der Waals surface area contributed by atoms with Gasteiger partial charge in [0.25, 0.3) is 5.91 Å². The van der Waals surface area contributed by atoms with E-state index in [9.17, 15) is 4.79 Å². The molecule has 1 unspecified atom stereocenters. The summed E-state index contributed by atoms with van der Waals surface area (Å²) in [4.78, 5) is 18.8. The minimum atomic E-state index is -0.0844. The van der Waals surface area contributed by atoms with Gasteiger partial charge in [-0.1, -0.05) is 60.7 Å². The smallest absolute Gasteiger partial charge is 0.254 e.